The van der Waals surface area contributed by atoms with Gasteiger partial charge in [-0.15, -0.1) is 0 Å². The summed E-state index contributed by atoms with van der Waals surface area (Å²) in [4.78, 5) is 14.4. The molecule has 2 rings (SSSR count). The van der Waals surface area contributed by atoms with Gasteiger partial charge < -0.3 is 10.6 Å². The smallest absolute Gasteiger partial charge is 0.254 e. The molecule has 0 spiro atoms. The summed E-state index contributed by atoms with van der Waals surface area (Å²) in [5.74, 6) is 0.0192. The molecule has 0 saturated heterocycles. The summed E-state index contributed by atoms with van der Waals surface area (Å²) in [5.41, 5.74) is 10.5. The molecule has 21 heavy (non-hydrogen) atoms. The van der Waals surface area contributed by atoms with Crippen molar-refractivity contribution in [1.29, 1.82) is 0 Å². The number of hydrogen-bond acceptors (Lipinski definition) is 2. The summed E-state index contributed by atoms with van der Waals surface area (Å²) in [5, 5.41) is 0. The Balaban J connectivity index is 2.20. The van der Waals surface area contributed by atoms with Crippen molar-refractivity contribution in [2.45, 2.75) is 27.3 Å². The fourth-order valence-corrected chi connectivity index (χ4v) is 2.31. The Hall–Kier alpha value is -2.29. The van der Waals surface area contributed by atoms with Crippen LogP contribution < -0.4 is 5.73 Å². The van der Waals surface area contributed by atoms with Gasteiger partial charge in [0.2, 0.25) is 0 Å². The molecule has 0 aliphatic rings. The Morgan fingerprint density at radius 1 is 1.14 bits per heavy atom. The minimum atomic E-state index is 0.0192. The van der Waals surface area contributed by atoms with Crippen LogP contribution in [0.4, 0.5) is 5.69 Å². The van der Waals surface area contributed by atoms with Gasteiger partial charge >= 0.3 is 0 Å². The van der Waals surface area contributed by atoms with E-state index in [2.05, 4.69) is 19.1 Å². The first-order valence-electron chi connectivity index (χ1n) is 7.22. The SMILES string of the molecule is CCN(Cc1cccc(C)c1)C(=O)c1ccc(C)c(N)c1. The van der Waals surface area contributed by atoms with Crippen LogP contribution in [-0.4, -0.2) is 17.4 Å². The first kappa shape index (κ1) is 15.1. The molecule has 0 aromatic heterocycles. The number of amides is 1. The lowest BCUT2D eigenvalue weighted by atomic mass is 10.1. The van der Waals surface area contributed by atoms with Crippen molar-refractivity contribution in [2.75, 3.05) is 12.3 Å². The predicted octanol–water partition coefficient (Wildman–Crippen LogP) is 3.55. The molecule has 0 atom stereocenters. The highest BCUT2D eigenvalue weighted by atomic mass is 16.2. The van der Waals surface area contributed by atoms with Gasteiger partial charge in [0, 0.05) is 24.3 Å². The third-order valence-electron chi connectivity index (χ3n) is 3.65. The third kappa shape index (κ3) is 3.63. The number of aryl methyl sites for hydroxylation is 2. The van der Waals surface area contributed by atoms with Crippen LogP contribution in [-0.2, 0) is 6.54 Å². The Kier molecular flexibility index (Phi) is 4.63. The number of benzene rings is 2. The average molecular weight is 282 g/mol. The number of nitrogen functional groups attached to an aromatic ring is 1. The van der Waals surface area contributed by atoms with Crippen LogP contribution >= 0.6 is 0 Å². The molecular weight excluding hydrogens is 260 g/mol. The van der Waals surface area contributed by atoms with Gasteiger partial charge in [0.25, 0.3) is 5.91 Å². The van der Waals surface area contributed by atoms with Crippen molar-refractivity contribution in [3.05, 3.63) is 64.7 Å². The topological polar surface area (TPSA) is 46.3 Å². The van der Waals surface area contributed by atoms with Crippen molar-refractivity contribution in [2.24, 2.45) is 0 Å². The zero-order chi connectivity index (χ0) is 15.4. The van der Waals surface area contributed by atoms with Crippen LogP contribution in [0, 0.1) is 13.8 Å². The number of rotatable bonds is 4. The first-order chi connectivity index (χ1) is 10.0. The fourth-order valence-electron chi connectivity index (χ4n) is 2.31. The number of hydrogen-bond donors (Lipinski definition) is 1. The number of nitrogens with two attached hydrogens (primary N) is 1. The van der Waals surface area contributed by atoms with E-state index in [0.717, 1.165) is 11.1 Å². The van der Waals surface area contributed by atoms with Crippen molar-refractivity contribution in [3.8, 4) is 0 Å². The van der Waals surface area contributed by atoms with Gasteiger partial charge in [0.05, 0.1) is 0 Å². The van der Waals surface area contributed by atoms with Crippen LogP contribution in [0.15, 0.2) is 42.5 Å². The summed E-state index contributed by atoms with van der Waals surface area (Å²) in [6.07, 6.45) is 0. The van der Waals surface area contributed by atoms with Crippen molar-refractivity contribution >= 4 is 11.6 Å². The zero-order valence-corrected chi connectivity index (χ0v) is 12.9. The standard InChI is InChI=1S/C18H22N2O/c1-4-20(12-15-7-5-6-13(2)10-15)18(21)16-9-8-14(3)17(19)11-16/h5-11H,4,12,19H2,1-3H3. The number of carbonyl (C=O) groups excluding carboxylic acids is 1. The predicted molar refractivity (Wildman–Crippen MR) is 87.2 cm³/mol. The lowest BCUT2D eigenvalue weighted by Gasteiger charge is -2.21. The molecule has 1 amide bonds. The molecule has 0 unspecified atom stereocenters. The van der Waals surface area contributed by atoms with Gasteiger partial charge in [-0.25, -0.2) is 0 Å². The number of nitrogens with zero attached hydrogens (tertiary/aromatic N) is 1. The van der Waals surface area contributed by atoms with Gasteiger partial charge in [-0.2, -0.15) is 0 Å². The van der Waals surface area contributed by atoms with E-state index in [9.17, 15) is 4.79 Å². The monoisotopic (exact) mass is 282 g/mol. The Morgan fingerprint density at radius 2 is 1.90 bits per heavy atom. The summed E-state index contributed by atoms with van der Waals surface area (Å²) >= 11 is 0. The minimum absolute atomic E-state index is 0.0192. The van der Waals surface area contributed by atoms with E-state index in [0.29, 0.717) is 24.3 Å². The van der Waals surface area contributed by atoms with E-state index in [-0.39, 0.29) is 5.91 Å². The van der Waals surface area contributed by atoms with E-state index in [1.54, 1.807) is 6.07 Å². The van der Waals surface area contributed by atoms with Crippen LogP contribution in [0.25, 0.3) is 0 Å². The molecule has 0 radical (unpaired) electrons. The van der Waals surface area contributed by atoms with Crippen molar-refractivity contribution < 1.29 is 4.79 Å². The van der Waals surface area contributed by atoms with E-state index in [1.165, 1.54) is 5.56 Å². The van der Waals surface area contributed by atoms with Crippen molar-refractivity contribution in [1.82, 2.24) is 4.90 Å². The molecule has 2 aromatic carbocycles. The summed E-state index contributed by atoms with van der Waals surface area (Å²) in [7, 11) is 0. The van der Waals surface area contributed by atoms with Gasteiger partial charge in [-0.1, -0.05) is 35.9 Å². The Labute approximate surface area is 126 Å². The highest BCUT2D eigenvalue weighted by Gasteiger charge is 2.15. The second-order valence-corrected chi connectivity index (χ2v) is 5.38. The maximum Gasteiger partial charge on any atom is 0.254 e. The number of carbonyl (C=O) groups is 1. The zero-order valence-electron chi connectivity index (χ0n) is 12.9. The minimum Gasteiger partial charge on any atom is -0.398 e. The summed E-state index contributed by atoms with van der Waals surface area (Å²) < 4.78 is 0. The first-order valence-corrected chi connectivity index (χ1v) is 7.22. The maximum atomic E-state index is 12.6. The highest BCUT2D eigenvalue weighted by Crippen LogP contribution is 2.16. The highest BCUT2D eigenvalue weighted by molar-refractivity contribution is 5.95. The molecule has 3 nitrogen and oxygen atoms in total. The van der Waals surface area contributed by atoms with E-state index < -0.39 is 0 Å². The molecule has 0 fully saturated rings. The van der Waals surface area contributed by atoms with Gasteiger partial charge in [-0.3, -0.25) is 4.79 Å². The Bertz CT molecular complexity index is 649. The normalized spacial score (nSPS) is 10.4. The summed E-state index contributed by atoms with van der Waals surface area (Å²) in [6.45, 7) is 7.27. The molecule has 2 aromatic rings. The van der Waals surface area contributed by atoms with E-state index in [4.69, 9.17) is 5.73 Å². The van der Waals surface area contributed by atoms with E-state index in [1.807, 2.05) is 43.0 Å². The van der Waals surface area contributed by atoms with Crippen LogP contribution in [0.5, 0.6) is 0 Å². The lowest BCUT2D eigenvalue weighted by molar-refractivity contribution is 0.0752. The molecule has 0 saturated carbocycles. The van der Waals surface area contributed by atoms with Crippen LogP contribution in [0.1, 0.15) is 34.0 Å². The molecule has 110 valence electrons. The second kappa shape index (κ2) is 6.44. The number of anilines is 1. The average Bonchev–Trinajstić information content (AvgIpc) is 2.47. The molecule has 0 aliphatic carbocycles. The second-order valence-electron chi connectivity index (χ2n) is 5.38. The third-order valence-corrected chi connectivity index (χ3v) is 3.65. The lowest BCUT2D eigenvalue weighted by Crippen LogP contribution is -2.30. The van der Waals surface area contributed by atoms with Gasteiger partial charge in [0.15, 0.2) is 0 Å². The molecule has 2 N–H and O–H groups in total. The van der Waals surface area contributed by atoms with Gasteiger partial charge in [-0.05, 0) is 44.0 Å². The molecule has 0 bridgehead atoms. The molecular formula is C18H22N2O. The Morgan fingerprint density at radius 3 is 2.52 bits per heavy atom. The largest absolute Gasteiger partial charge is 0.398 e. The van der Waals surface area contributed by atoms with E-state index >= 15 is 0 Å². The van der Waals surface area contributed by atoms with Crippen molar-refractivity contribution in [3.63, 3.8) is 0 Å². The van der Waals surface area contributed by atoms with Crippen LogP contribution in [0.3, 0.4) is 0 Å². The maximum absolute atomic E-state index is 12.6. The fraction of sp³-hybridized carbons (Fsp3) is 0.278. The van der Waals surface area contributed by atoms with Gasteiger partial charge in [0.1, 0.15) is 0 Å². The molecule has 0 heterocycles. The quantitative estimate of drug-likeness (QED) is 0.872. The van der Waals surface area contributed by atoms with Crippen LogP contribution in [0.2, 0.25) is 0 Å². The summed E-state index contributed by atoms with van der Waals surface area (Å²) in [6, 6.07) is 13.7. The molecule has 0 aliphatic heterocycles. The molecule has 3 heteroatoms.